The van der Waals surface area contributed by atoms with Crippen LogP contribution in [-0.4, -0.2) is 83.4 Å². The minimum Gasteiger partial charge on any atom is -0.494 e. The molecule has 1 aromatic carbocycles. The summed E-state index contributed by atoms with van der Waals surface area (Å²) in [6.07, 6.45) is 4.01. The minimum absolute atomic E-state index is 0.00563. The Bertz CT molecular complexity index is 1340. The van der Waals surface area contributed by atoms with Gasteiger partial charge in [-0.05, 0) is 64.0 Å². The Morgan fingerprint density at radius 1 is 1.18 bits per heavy atom. The number of benzene rings is 1. The maximum atomic E-state index is 12.8. The quantitative estimate of drug-likeness (QED) is 0.177. The summed E-state index contributed by atoms with van der Waals surface area (Å²) >= 11 is 0. The van der Waals surface area contributed by atoms with Crippen LogP contribution in [0.2, 0.25) is 0 Å². The number of unbranched alkanes of at least 4 members (excludes halogenated alkanes) is 1. The van der Waals surface area contributed by atoms with Crippen molar-refractivity contribution in [2.24, 2.45) is 0 Å². The van der Waals surface area contributed by atoms with E-state index < -0.39 is 5.54 Å². The number of H-pyrrole nitrogens is 1. The van der Waals surface area contributed by atoms with E-state index in [1.807, 2.05) is 38.4 Å². The molecule has 12 heteroatoms. The highest BCUT2D eigenvalue weighted by Gasteiger charge is 2.61. The molecular formula is C28H41N7O5. The molecule has 3 aromatic rings. The fraction of sp³-hybridized carbons (Fsp3) is 0.571. The molecule has 1 saturated carbocycles. The van der Waals surface area contributed by atoms with E-state index in [1.165, 1.54) is 11.7 Å². The van der Waals surface area contributed by atoms with Crippen molar-refractivity contribution in [3.8, 4) is 11.8 Å². The number of ether oxygens (including phenoxy) is 3. The molecule has 1 aliphatic rings. The highest BCUT2D eigenvalue weighted by atomic mass is 16.5. The molecule has 40 heavy (non-hydrogen) atoms. The number of nitrogen functional groups attached to an aromatic ring is 1. The van der Waals surface area contributed by atoms with Crippen molar-refractivity contribution in [3.63, 3.8) is 0 Å². The number of fused-ring (bicyclic) bond motifs is 1. The molecule has 0 spiro atoms. The van der Waals surface area contributed by atoms with E-state index in [0.29, 0.717) is 50.3 Å². The van der Waals surface area contributed by atoms with E-state index in [9.17, 15) is 9.59 Å². The molecule has 2 aromatic heterocycles. The van der Waals surface area contributed by atoms with Crippen LogP contribution in [0.1, 0.15) is 50.5 Å². The summed E-state index contributed by atoms with van der Waals surface area (Å²) in [7, 11) is 5.49. The Balaban J connectivity index is 1.36. The number of aromatic nitrogens is 4. The van der Waals surface area contributed by atoms with E-state index in [2.05, 4.69) is 32.1 Å². The van der Waals surface area contributed by atoms with Gasteiger partial charge in [-0.2, -0.15) is 9.97 Å². The van der Waals surface area contributed by atoms with Gasteiger partial charge in [0.15, 0.2) is 11.5 Å². The van der Waals surface area contributed by atoms with Crippen LogP contribution in [0, 0.1) is 0 Å². The third kappa shape index (κ3) is 6.73. The molecule has 0 amide bonds. The smallest absolute Gasteiger partial charge is 0.327 e. The summed E-state index contributed by atoms with van der Waals surface area (Å²) in [6.45, 7) is 5.03. The number of nitrogens with zero attached hydrogens (tertiary/aromatic N) is 4. The summed E-state index contributed by atoms with van der Waals surface area (Å²) in [4.78, 5) is 38.8. The zero-order valence-electron chi connectivity index (χ0n) is 23.9. The Morgan fingerprint density at radius 3 is 2.62 bits per heavy atom. The number of esters is 1. The number of carbonyl (C=O) groups is 1. The SMILES string of the molecule is CCCCOc1nc(N)c2[nH]c(=O)n(CCCN[C@@]3(C(=O)OC)CC3c3ccc(OCCCN(C)C)cc3)c2n1. The second kappa shape index (κ2) is 13.1. The van der Waals surface area contributed by atoms with Crippen LogP contribution in [0.5, 0.6) is 11.8 Å². The fourth-order valence-corrected chi connectivity index (χ4v) is 4.87. The van der Waals surface area contributed by atoms with Crippen LogP contribution >= 0.6 is 0 Å². The van der Waals surface area contributed by atoms with Crippen LogP contribution in [-0.2, 0) is 16.1 Å². The second-order valence-corrected chi connectivity index (χ2v) is 10.4. The molecule has 0 bridgehead atoms. The van der Waals surface area contributed by atoms with Gasteiger partial charge in [-0.25, -0.2) is 4.79 Å². The van der Waals surface area contributed by atoms with Gasteiger partial charge in [0.1, 0.15) is 16.8 Å². The average Bonchev–Trinajstić information content (AvgIpc) is 3.59. The second-order valence-electron chi connectivity index (χ2n) is 10.4. The number of hydrogen-bond donors (Lipinski definition) is 3. The first-order valence-electron chi connectivity index (χ1n) is 13.9. The molecule has 12 nitrogen and oxygen atoms in total. The van der Waals surface area contributed by atoms with Gasteiger partial charge in [-0.1, -0.05) is 25.5 Å². The first-order chi connectivity index (χ1) is 19.3. The molecule has 218 valence electrons. The minimum atomic E-state index is -0.791. The van der Waals surface area contributed by atoms with Gasteiger partial charge in [0.05, 0.1) is 20.3 Å². The number of hydrogen-bond acceptors (Lipinski definition) is 10. The molecule has 0 saturated heterocycles. The number of aryl methyl sites for hydroxylation is 1. The van der Waals surface area contributed by atoms with Crippen molar-refractivity contribution in [2.75, 3.05) is 53.2 Å². The maximum absolute atomic E-state index is 12.8. The number of nitrogens with one attached hydrogen (secondary N) is 2. The van der Waals surface area contributed by atoms with E-state index in [0.717, 1.165) is 37.1 Å². The van der Waals surface area contributed by atoms with E-state index in [1.54, 1.807) is 0 Å². The summed E-state index contributed by atoms with van der Waals surface area (Å²) in [6, 6.07) is 8.06. The Labute approximate surface area is 234 Å². The molecule has 1 unspecified atom stereocenters. The summed E-state index contributed by atoms with van der Waals surface area (Å²) in [5.74, 6) is 0.683. The molecule has 2 heterocycles. The monoisotopic (exact) mass is 555 g/mol. The normalized spacial score (nSPS) is 18.3. The number of nitrogens with two attached hydrogens (primary N) is 1. The van der Waals surface area contributed by atoms with Gasteiger partial charge in [-0.15, -0.1) is 0 Å². The standard InChI is InChI=1S/C28H41N7O5/c1-5-6-16-40-26-32-23(29)22-24(33-26)35(27(37)31-22)15-7-13-30-28(25(36)38-4)18-21(28)19-9-11-20(12-10-19)39-17-8-14-34(2)3/h9-12,21,30H,5-8,13-18H2,1-4H3,(H,31,37)(H2,29,32,33)/t21?,28-/m0/s1. The summed E-state index contributed by atoms with van der Waals surface area (Å²) in [5, 5.41) is 3.41. The van der Waals surface area contributed by atoms with Gasteiger partial charge in [-0.3, -0.25) is 9.36 Å². The van der Waals surface area contributed by atoms with Crippen molar-refractivity contribution >= 4 is 23.0 Å². The number of anilines is 1. The highest BCUT2D eigenvalue weighted by molar-refractivity contribution is 5.87. The number of carbonyl (C=O) groups excluding carboxylic acids is 1. The first-order valence-corrected chi connectivity index (χ1v) is 13.9. The largest absolute Gasteiger partial charge is 0.494 e. The van der Waals surface area contributed by atoms with Crippen LogP contribution in [0.4, 0.5) is 5.82 Å². The van der Waals surface area contributed by atoms with Crippen molar-refractivity contribution in [1.82, 2.24) is 29.7 Å². The Hall–Kier alpha value is -3.64. The summed E-state index contributed by atoms with van der Waals surface area (Å²) < 4.78 is 18.1. The Morgan fingerprint density at radius 2 is 1.93 bits per heavy atom. The van der Waals surface area contributed by atoms with Gasteiger partial charge in [0.2, 0.25) is 0 Å². The molecular weight excluding hydrogens is 514 g/mol. The van der Waals surface area contributed by atoms with E-state index >= 15 is 0 Å². The lowest BCUT2D eigenvalue weighted by Crippen LogP contribution is -2.42. The third-order valence-electron chi connectivity index (χ3n) is 7.17. The van der Waals surface area contributed by atoms with Gasteiger partial charge in [0, 0.05) is 19.0 Å². The number of rotatable bonds is 16. The van der Waals surface area contributed by atoms with Crippen LogP contribution in [0.3, 0.4) is 0 Å². The lowest BCUT2D eigenvalue weighted by molar-refractivity contribution is -0.144. The topological polar surface area (TPSA) is 150 Å². The van der Waals surface area contributed by atoms with Gasteiger partial charge < -0.3 is 35.1 Å². The fourth-order valence-electron chi connectivity index (χ4n) is 4.87. The molecule has 2 atom stereocenters. The van der Waals surface area contributed by atoms with Crippen LogP contribution in [0.25, 0.3) is 11.2 Å². The molecule has 1 fully saturated rings. The predicted octanol–water partition coefficient (Wildman–Crippen LogP) is 2.29. The third-order valence-corrected chi connectivity index (χ3v) is 7.17. The predicted molar refractivity (Wildman–Crippen MR) is 153 cm³/mol. The first kappa shape index (κ1) is 29.3. The molecule has 0 aliphatic heterocycles. The van der Waals surface area contributed by atoms with Crippen molar-refractivity contribution in [2.45, 2.75) is 57.0 Å². The zero-order valence-corrected chi connectivity index (χ0v) is 23.9. The van der Waals surface area contributed by atoms with E-state index in [-0.39, 0.29) is 29.4 Å². The van der Waals surface area contributed by atoms with Gasteiger partial charge >= 0.3 is 17.7 Å². The maximum Gasteiger partial charge on any atom is 0.327 e. The molecule has 0 radical (unpaired) electrons. The van der Waals surface area contributed by atoms with Crippen molar-refractivity contribution in [3.05, 3.63) is 40.3 Å². The van der Waals surface area contributed by atoms with Gasteiger partial charge in [0.25, 0.3) is 0 Å². The Kier molecular flexibility index (Phi) is 9.64. The highest BCUT2D eigenvalue weighted by Crippen LogP contribution is 2.52. The lowest BCUT2D eigenvalue weighted by Gasteiger charge is -2.17. The molecule has 4 N–H and O–H groups in total. The van der Waals surface area contributed by atoms with Crippen LogP contribution < -0.4 is 26.2 Å². The number of methoxy groups -OCH3 is 1. The lowest BCUT2D eigenvalue weighted by atomic mass is 10.1. The molecule has 4 rings (SSSR count). The number of imidazole rings is 1. The summed E-state index contributed by atoms with van der Waals surface area (Å²) in [5.41, 5.74) is 6.77. The van der Waals surface area contributed by atoms with E-state index in [4.69, 9.17) is 19.9 Å². The zero-order chi connectivity index (χ0) is 28.7. The average molecular weight is 556 g/mol. The van der Waals surface area contributed by atoms with Crippen LogP contribution in [0.15, 0.2) is 29.1 Å². The molecule has 1 aliphatic carbocycles. The van der Waals surface area contributed by atoms with Crippen molar-refractivity contribution < 1.29 is 19.0 Å². The number of aromatic amines is 1. The van der Waals surface area contributed by atoms with Crippen molar-refractivity contribution in [1.29, 1.82) is 0 Å².